The number of ether oxygens (including phenoxy) is 3. The van der Waals surface area contributed by atoms with Gasteiger partial charge in [0.25, 0.3) is 5.56 Å². The van der Waals surface area contributed by atoms with E-state index in [-0.39, 0.29) is 12.2 Å². The highest BCUT2D eigenvalue weighted by Crippen LogP contribution is 2.38. The van der Waals surface area contributed by atoms with Crippen LogP contribution in [0.4, 0.5) is 5.88 Å². The molecule has 1 aromatic carbocycles. The van der Waals surface area contributed by atoms with Crippen molar-refractivity contribution in [3.63, 3.8) is 0 Å². The molecular formula is C28H30ClN3O6S. The molecular weight excluding hydrogens is 542 g/mol. The fourth-order valence-electron chi connectivity index (χ4n) is 4.84. The van der Waals surface area contributed by atoms with E-state index in [4.69, 9.17) is 35.2 Å². The lowest BCUT2D eigenvalue weighted by Crippen LogP contribution is -2.40. The standard InChI is InChI=1S/C28H30ClN3O6S/c1-4-6-20-24(27(34)37-5-2)25(19-15-17(29)7-9-21(19)35-3)32-26(33)22(39-28(32)30-20)16-18-8-10-23(38-18)31-11-13-36-14-12-31/h7-10,15-16,25H,4-6,11-14H2,1-3H3/b22-16+/t25-/m1/s1. The van der Waals surface area contributed by atoms with Gasteiger partial charge in [-0.3, -0.25) is 9.36 Å². The number of carbonyl (C=O) groups excluding carboxylic acids is 1. The number of nitrogens with zero attached hydrogens (tertiary/aromatic N) is 3. The van der Waals surface area contributed by atoms with Crippen LogP contribution in [0.15, 0.2) is 55.8 Å². The summed E-state index contributed by atoms with van der Waals surface area (Å²) in [6.45, 7) is 6.72. The summed E-state index contributed by atoms with van der Waals surface area (Å²) in [7, 11) is 1.54. The summed E-state index contributed by atoms with van der Waals surface area (Å²) in [6, 6.07) is 8.07. The van der Waals surface area contributed by atoms with Crippen LogP contribution in [-0.4, -0.2) is 50.6 Å². The minimum atomic E-state index is -0.821. The molecule has 5 rings (SSSR count). The quantitative estimate of drug-likeness (QED) is 0.381. The molecule has 0 spiro atoms. The van der Waals surface area contributed by atoms with Crippen LogP contribution < -0.4 is 24.5 Å². The number of morpholine rings is 1. The van der Waals surface area contributed by atoms with Gasteiger partial charge in [-0.1, -0.05) is 36.3 Å². The number of hydrogen-bond acceptors (Lipinski definition) is 9. The molecule has 4 heterocycles. The van der Waals surface area contributed by atoms with Gasteiger partial charge in [-0.25, -0.2) is 9.79 Å². The largest absolute Gasteiger partial charge is 0.496 e. The van der Waals surface area contributed by atoms with E-state index < -0.39 is 12.0 Å². The molecule has 0 saturated carbocycles. The number of methoxy groups -OCH3 is 1. The third-order valence-electron chi connectivity index (χ3n) is 6.59. The SMILES string of the molecule is CCCC1=C(C(=O)OCC)[C@@H](c2cc(Cl)ccc2OC)n2c(s/c(=C/c3ccc(N4CCOCC4)o3)c2=O)=N1. The van der Waals surface area contributed by atoms with Crippen molar-refractivity contribution in [2.45, 2.75) is 32.7 Å². The van der Waals surface area contributed by atoms with Crippen molar-refractivity contribution in [3.05, 3.63) is 77.6 Å². The minimum absolute atomic E-state index is 0.190. The van der Waals surface area contributed by atoms with E-state index in [2.05, 4.69) is 4.90 Å². The molecule has 1 atom stereocenters. The van der Waals surface area contributed by atoms with Gasteiger partial charge in [0.1, 0.15) is 17.6 Å². The van der Waals surface area contributed by atoms with Crippen LogP contribution >= 0.6 is 22.9 Å². The van der Waals surface area contributed by atoms with Gasteiger partial charge in [0.05, 0.1) is 42.7 Å². The second-order valence-corrected chi connectivity index (χ2v) is 10.5. The fourth-order valence-corrected chi connectivity index (χ4v) is 6.02. The Morgan fingerprint density at radius 3 is 2.74 bits per heavy atom. The predicted molar refractivity (Wildman–Crippen MR) is 149 cm³/mol. The number of furan rings is 1. The Kier molecular flexibility index (Phi) is 8.25. The Labute approximate surface area is 234 Å². The van der Waals surface area contributed by atoms with Crippen molar-refractivity contribution in [1.82, 2.24) is 4.57 Å². The summed E-state index contributed by atoms with van der Waals surface area (Å²) in [6.07, 6.45) is 3.01. The Balaban J connectivity index is 1.69. The number of anilines is 1. The van der Waals surface area contributed by atoms with Gasteiger partial charge < -0.3 is 23.5 Å². The van der Waals surface area contributed by atoms with Crippen LogP contribution in [-0.2, 0) is 14.3 Å². The Morgan fingerprint density at radius 2 is 2.03 bits per heavy atom. The first-order valence-electron chi connectivity index (χ1n) is 12.9. The summed E-state index contributed by atoms with van der Waals surface area (Å²) in [4.78, 5) is 34.7. The molecule has 1 saturated heterocycles. The molecule has 2 aliphatic heterocycles. The van der Waals surface area contributed by atoms with Gasteiger partial charge in [0, 0.05) is 35.8 Å². The highest BCUT2D eigenvalue weighted by Gasteiger charge is 2.36. The zero-order valence-electron chi connectivity index (χ0n) is 22.1. The zero-order chi connectivity index (χ0) is 27.5. The molecule has 206 valence electrons. The zero-order valence-corrected chi connectivity index (χ0v) is 23.6. The van der Waals surface area contributed by atoms with Gasteiger partial charge in [0.15, 0.2) is 10.7 Å². The summed E-state index contributed by atoms with van der Waals surface area (Å²) < 4.78 is 24.5. The average Bonchev–Trinajstić information content (AvgIpc) is 3.53. The highest BCUT2D eigenvalue weighted by molar-refractivity contribution is 7.07. The average molecular weight is 572 g/mol. The van der Waals surface area contributed by atoms with Crippen molar-refractivity contribution in [1.29, 1.82) is 0 Å². The molecule has 0 radical (unpaired) electrons. The van der Waals surface area contributed by atoms with E-state index in [1.807, 2.05) is 19.1 Å². The van der Waals surface area contributed by atoms with E-state index in [1.54, 1.807) is 38.3 Å². The van der Waals surface area contributed by atoms with Crippen LogP contribution in [0.25, 0.3) is 6.08 Å². The maximum Gasteiger partial charge on any atom is 0.338 e. The highest BCUT2D eigenvalue weighted by atomic mass is 35.5. The summed E-state index contributed by atoms with van der Waals surface area (Å²) in [5.41, 5.74) is 1.18. The second kappa shape index (κ2) is 11.8. The first kappa shape index (κ1) is 27.2. The Morgan fingerprint density at radius 1 is 1.23 bits per heavy atom. The van der Waals surface area contributed by atoms with Crippen molar-refractivity contribution in [2.24, 2.45) is 4.99 Å². The number of esters is 1. The lowest BCUT2D eigenvalue weighted by molar-refractivity contribution is -0.139. The number of halogens is 1. The summed E-state index contributed by atoms with van der Waals surface area (Å²) >= 11 is 7.65. The number of aromatic nitrogens is 1. The number of rotatable bonds is 8. The maximum atomic E-state index is 14.0. The van der Waals surface area contributed by atoms with Gasteiger partial charge >= 0.3 is 5.97 Å². The van der Waals surface area contributed by atoms with Gasteiger partial charge in [0.2, 0.25) is 0 Å². The van der Waals surface area contributed by atoms with Gasteiger partial charge in [-0.15, -0.1) is 0 Å². The van der Waals surface area contributed by atoms with Crippen molar-refractivity contribution in [3.8, 4) is 5.75 Å². The first-order valence-corrected chi connectivity index (χ1v) is 14.1. The van der Waals surface area contributed by atoms with Crippen LogP contribution in [0.5, 0.6) is 5.75 Å². The number of allylic oxidation sites excluding steroid dienone is 1. The monoisotopic (exact) mass is 571 g/mol. The summed E-state index contributed by atoms with van der Waals surface area (Å²) in [5, 5.41) is 0.455. The number of fused-ring (bicyclic) bond motifs is 1. The van der Waals surface area contributed by atoms with Crippen LogP contribution in [0, 0.1) is 0 Å². The predicted octanol–water partition coefficient (Wildman–Crippen LogP) is 3.67. The molecule has 39 heavy (non-hydrogen) atoms. The molecule has 0 aliphatic carbocycles. The summed E-state index contributed by atoms with van der Waals surface area (Å²) in [5.74, 6) is 1.26. The van der Waals surface area contributed by atoms with E-state index in [0.717, 1.165) is 25.4 Å². The van der Waals surface area contributed by atoms with Gasteiger partial charge in [-0.05, 0) is 37.6 Å². The van der Waals surface area contributed by atoms with Crippen molar-refractivity contribution in [2.75, 3.05) is 44.9 Å². The maximum absolute atomic E-state index is 14.0. The molecule has 11 heteroatoms. The lowest BCUT2D eigenvalue weighted by Gasteiger charge is -2.27. The van der Waals surface area contributed by atoms with Crippen molar-refractivity contribution < 1.29 is 23.4 Å². The molecule has 0 amide bonds. The van der Waals surface area contributed by atoms with Crippen LogP contribution in [0.2, 0.25) is 5.02 Å². The number of benzene rings is 1. The number of hydrogen-bond donors (Lipinski definition) is 0. The Bertz CT molecular complexity index is 1580. The van der Waals surface area contributed by atoms with E-state index >= 15 is 0 Å². The number of thiazole rings is 1. The third kappa shape index (κ3) is 5.41. The minimum Gasteiger partial charge on any atom is -0.496 e. The lowest BCUT2D eigenvalue weighted by atomic mass is 9.93. The smallest absolute Gasteiger partial charge is 0.338 e. The first-order chi connectivity index (χ1) is 18.9. The number of carbonyl (C=O) groups is 1. The molecule has 0 unspecified atom stereocenters. The normalized spacial score (nSPS) is 17.7. The fraction of sp³-hybridized carbons (Fsp3) is 0.393. The van der Waals surface area contributed by atoms with E-state index in [9.17, 15) is 9.59 Å². The molecule has 0 N–H and O–H groups in total. The topological polar surface area (TPSA) is 95.5 Å². The van der Waals surface area contributed by atoms with Crippen molar-refractivity contribution >= 4 is 40.9 Å². The Hall–Kier alpha value is -3.34. The van der Waals surface area contributed by atoms with E-state index in [0.29, 0.717) is 62.3 Å². The molecule has 2 aromatic heterocycles. The molecule has 3 aromatic rings. The van der Waals surface area contributed by atoms with Crippen LogP contribution in [0.1, 0.15) is 44.1 Å². The molecule has 1 fully saturated rings. The van der Waals surface area contributed by atoms with Crippen LogP contribution in [0.3, 0.4) is 0 Å². The van der Waals surface area contributed by atoms with E-state index in [1.165, 1.54) is 15.9 Å². The molecule has 9 nitrogen and oxygen atoms in total. The second-order valence-electron chi connectivity index (χ2n) is 9.08. The molecule has 0 bridgehead atoms. The third-order valence-corrected chi connectivity index (χ3v) is 7.81. The van der Waals surface area contributed by atoms with Gasteiger partial charge in [-0.2, -0.15) is 0 Å². The molecule has 2 aliphatic rings.